The summed E-state index contributed by atoms with van der Waals surface area (Å²) in [6.07, 6.45) is -8.07. The summed E-state index contributed by atoms with van der Waals surface area (Å²) >= 11 is 0. The highest BCUT2D eigenvalue weighted by atomic mass is 19.4. The fourth-order valence-corrected chi connectivity index (χ4v) is 3.07. The Labute approximate surface area is 123 Å². The van der Waals surface area contributed by atoms with E-state index in [0.717, 1.165) is 38.1 Å². The van der Waals surface area contributed by atoms with Crippen molar-refractivity contribution in [3.8, 4) is 0 Å². The molecule has 0 N–H and O–H groups in total. The van der Waals surface area contributed by atoms with Crippen LogP contribution in [0, 0.1) is 18.4 Å². The second kappa shape index (κ2) is 5.15. The number of piperidine rings is 3. The molecular weight excluding hydrogens is 308 g/mol. The van der Waals surface area contributed by atoms with Gasteiger partial charge in [0.15, 0.2) is 0 Å². The quantitative estimate of drug-likeness (QED) is 0.687. The van der Waals surface area contributed by atoms with Gasteiger partial charge in [0.25, 0.3) is 0 Å². The Bertz CT molecular complexity index is 522. The van der Waals surface area contributed by atoms with E-state index >= 15 is 0 Å². The number of rotatable bonds is 1. The zero-order valence-electron chi connectivity index (χ0n) is 11.4. The topological polar surface area (TPSA) is 3.24 Å². The summed E-state index contributed by atoms with van der Waals surface area (Å²) in [6, 6.07) is 1.82. The molecule has 1 aromatic rings. The van der Waals surface area contributed by atoms with Crippen LogP contribution in [0.15, 0.2) is 18.2 Å². The van der Waals surface area contributed by atoms with Crippen LogP contribution >= 0.6 is 0 Å². The summed E-state index contributed by atoms with van der Waals surface area (Å²) in [5.41, 5.74) is -2.49. The van der Waals surface area contributed by atoms with E-state index in [-0.39, 0.29) is 17.5 Å². The molecule has 0 unspecified atom stereocenters. The minimum absolute atomic E-state index is 0.0246. The summed E-state index contributed by atoms with van der Waals surface area (Å²) in [5, 5.41) is 0. The van der Waals surface area contributed by atoms with E-state index in [1.54, 1.807) is 6.54 Å². The smallest absolute Gasteiger partial charge is 0.298 e. The van der Waals surface area contributed by atoms with Gasteiger partial charge >= 0.3 is 12.4 Å². The summed E-state index contributed by atoms with van der Waals surface area (Å²) in [7, 11) is 0. The van der Waals surface area contributed by atoms with Gasteiger partial charge in [-0.1, -0.05) is 0 Å². The minimum atomic E-state index is -4.80. The molecule has 3 heterocycles. The van der Waals surface area contributed by atoms with Gasteiger partial charge in [-0.05, 0) is 55.6 Å². The lowest BCUT2D eigenvalue weighted by Gasteiger charge is -2.44. The average molecular weight is 321 g/mol. The van der Waals surface area contributed by atoms with Crippen LogP contribution in [-0.2, 0) is 12.4 Å². The first-order valence-electron chi connectivity index (χ1n) is 6.90. The molecule has 1 aromatic carbocycles. The van der Waals surface area contributed by atoms with Crippen molar-refractivity contribution < 1.29 is 26.3 Å². The van der Waals surface area contributed by atoms with Gasteiger partial charge in [-0.2, -0.15) is 26.3 Å². The zero-order valence-corrected chi connectivity index (χ0v) is 11.4. The normalized spacial score (nSPS) is 26.5. The van der Waals surface area contributed by atoms with Gasteiger partial charge in [-0.15, -0.1) is 0 Å². The lowest BCUT2D eigenvalue weighted by Crippen LogP contribution is -2.43. The molecule has 7 heteroatoms. The molecule has 0 aromatic heterocycles. The Kier molecular flexibility index (Phi) is 3.66. The van der Waals surface area contributed by atoms with Gasteiger partial charge in [0.05, 0.1) is 11.1 Å². The molecule has 0 atom stereocenters. The number of benzene rings is 1. The van der Waals surface area contributed by atoms with E-state index in [9.17, 15) is 26.3 Å². The molecule has 0 spiro atoms. The van der Waals surface area contributed by atoms with Gasteiger partial charge in [0, 0.05) is 12.5 Å². The largest absolute Gasteiger partial charge is 0.416 e. The number of halogens is 6. The summed E-state index contributed by atoms with van der Waals surface area (Å²) in [6.45, 7) is 3.31. The van der Waals surface area contributed by atoms with Gasteiger partial charge < -0.3 is 0 Å². The first-order valence-corrected chi connectivity index (χ1v) is 6.90. The van der Waals surface area contributed by atoms with Crippen LogP contribution in [0.4, 0.5) is 26.3 Å². The van der Waals surface area contributed by atoms with Crippen molar-refractivity contribution >= 4 is 0 Å². The van der Waals surface area contributed by atoms with E-state index in [0.29, 0.717) is 5.92 Å². The molecule has 3 aliphatic heterocycles. The van der Waals surface area contributed by atoms with E-state index in [1.807, 2.05) is 4.90 Å². The van der Waals surface area contributed by atoms with Gasteiger partial charge in [0.2, 0.25) is 0 Å². The van der Waals surface area contributed by atoms with Gasteiger partial charge in [-0.25, -0.2) is 0 Å². The van der Waals surface area contributed by atoms with Gasteiger partial charge in [0.1, 0.15) is 0 Å². The van der Waals surface area contributed by atoms with Gasteiger partial charge in [-0.3, -0.25) is 4.90 Å². The Morgan fingerprint density at radius 3 is 1.68 bits per heavy atom. The average Bonchev–Trinajstić information content (AvgIpc) is 2.46. The Hall–Kier alpha value is -1.24. The van der Waals surface area contributed by atoms with Crippen LogP contribution in [0.3, 0.4) is 0 Å². The minimum Gasteiger partial charge on any atom is -0.298 e. The fraction of sp³-hybridized carbons (Fsp3) is 0.467. The van der Waals surface area contributed by atoms with Crippen LogP contribution in [-0.4, -0.2) is 18.0 Å². The van der Waals surface area contributed by atoms with Crippen LogP contribution in [0.1, 0.15) is 29.5 Å². The fourth-order valence-electron chi connectivity index (χ4n) is 3.07. The van der Waals surface area contributed by atoms with Crippen molar-refractivity contribution in [3.63, 3.8) is 0 Å². The number of nitrogens with zero attached hydrogens (tertiary/aromatic N) is 1. The maximum atomic E-state index is 12.9. The lowest BCUT2D eigenvalue weighted by molar-refractivity contribution is -0.143. The highest BCUT2D eigenvalue weighted by Crippen LogP contribution is 2.44. The molecule has 2 bridgehead atoms. The Morgan fingerprint density at radius 2 is 1.32 bits per heavy atom. The first-order chi connectivity index (χ1) is 10.1. The number of hydrogen-bond acceptors (Lipinski definition) is 1. The molecule has 0 saturated carbocycles. The van der Waals surface area contributed by atoms with Crippen LogP contribution in [0.25, 0.3) is 0 Å². The maximum absolute atomic E-state index is 12.9. The molecule has 22 heavy (non-hydrogen) atoms. The first kappa shape index (κ1) is 15.6. The monoisotopic (exact) mass is 321 g/mol. The third kappa shape index (κ3) is 2.95. The van der Waals surface area contributed by atoms with E-state index in [1.165, 1.54) is 0 Å². The Balaban J connectivity index is 2.03. The van der Waals surface area contributed by atoms with Crippen LogP contribution in [0.2, 0.25) is 0 Å². The third-order valence-electron chi connectivity index (χ3n) is 4.21. The van der Waals surface area contributed by atoms with E-state index < -0.39 is 23.5 Å². The molecule has 4 rings (SSSR count). The van der Waals surface area contributed by atoms with Crippen LogP contribution < -0.4 is 0 Å². The lowest BCUT2D eigenvalue weighted by atomic mass is 9.75. The molecule has 1 nitrogen and oxygen atoms in total. The molecule has 0 amide bonds. The molecule has 0 aliphatic carbocycles. The van der Waals surface area contributed by atoms with Crippen molar-refractivity contribution in [2.75, 3.05) is 13.1 Å². The molecule has 2 radical (unpaired) electrons. The highest BCUT2D eigenvalue weighted by molar-refractivity contribution is 5.45. The predicted octanol–water partition coefficient (Wildman–Crippen LogP) is 4.53. The zero-order chi connectivity index (χ0) is 16.1. The van der Waals surface area contributed by atoms with Crippen molar-refractivity contribution in [3.05, 3.63) is 47.4 Å². The second-order valence-corrected chi connectivity index (χ2v) is 5.69. The molecule has 3 fully saturated rings. The molecule has 3 aliphatic rings. The number of fused-ring (bicyclic) bond motifs is 3. The third-order valence-corrected chi connectivity index (χ3v) is 4.21. The van der Waals surface area contributed by atoms with Crippen molar-refractivity contribution in [2.24, 2.45) is 5.92 Å². The van der Waals surface area contributed by atoms with E-state index in [2.05, 4.69) is 0 Å². The van der Waals surface area contributed by atoms with Crippen molar-refractivity contribution in [1.82, 2.24) is 4.90 Å². The summed E-state index contributed by atoms with van der Waals surface area (Å²) < 4.78 is 77.4. The maximum Gasteiger partial charge on any atom is 0.416 e. The molecule has 3 saturated heterocycles. The van der Waals surface area contributed by atoms with Crippen LogP contribution in [0.5, 0.6) is 0 Å². The van der Waals surface area contributed by atoms with Crippen molar-refractivity contribution in [2.45, 2.75) is 25.2 Å². The SMILES string of the molecule is FC(F)(F)c1cc([C]2[CH]N3CCC2CC3)cc(C(F)(F)F)c1. The molecular formula is C15H13F6N. The predicted molar refractivity (Wildman–Crippen MR) is 67.4 cm³/mol. The second-order valence-electron chi connectivity index (χ2n) is 5.69. The summed E-state index contributed by atoms with van der Waals surface area (Å²) in [4.78, 5) is 1.95. The molecule has 120 valence electrons. The van der Waals surface area contributed by atoms with E-state index in [4.69, 9.17) is 0 Å². The van der Waals surface area contributed by atoms with Crippen molar-refractivity contribution in [1.29, 1.82) is 0 Å². The highest BCUT2D eigenvalue weighted by Gasteiger charge is 2.40. The Morgan fingerprint density at radius 1 is 0.818 bits per heavy atom. The standard InChI is InChI=1S/C15H13F6N/c16-14(17,18)11-5-10(6-12(7-11)15(19,20)21)13-8-22-3-1-9(13)2-4-22/h5-9H,1-4H2. The number of hydrogen-bond donors (Lipinski definition) is 0. The summed E-state index contributed by atoms with van der Waals surface area (Å²) in [5.74, 6) is 0.615. The number of alkyl halides is 6.